The Labute approximate surface area is 221 Å². The van der Waals surface area contributed by atoms with Gasteiger partial charge in [0.05, 0.1) is 17.8 Å². The van der Waals surface area contributed by atoms with Crippen molar-refractivity contribution in [1.82, 2.24) is 14.9 Å². The van der Waals surface area contributed by atoms with Crippen molar-refractivity contribution in [1.29, 1.82) is 0 Å². The fourth-order valence-corrected chi connectivity index (χ4v) is 5.05. The molecule has 1 amide bonds. The minimum Gasteiger partial charge on any atom is -0.496 e. The normalized spacial score (nSPS) is 14.1. The molecule has 3 heterocycles. The summed E-state index contributed by atoms with van der Waals surface area (Å²) in [6.45, 7) is 9.51. The average molecular weight is 516 g/mol. The molecule has 37 heavy (non-hydrogen) atoms. The summed E-state index contributed by atoms with van der Waals surface area (Å²) < 4.78 is 5.90. The van der Waals surface area contributed by atoms with Crippen LogP contribution in [0.1, 0.15) is 5.56 Å². The third-order valence-electron chi connectivity index (χ3n) is 6.94. The maximum atomic E-state index is 12.1. The van der Waals surface area contributed by atoms with Crippen LogP contribution >= 0.6 is 11.6 Å². The molecule has 1 saturated heterocycles. The average Bonchev–Trinajstić information content (AvgIpc) is 3.30. The predicted octanol–water partition coefficient (Wildman–Crippen LogP) is 5.74. The van der Waals surface area contributed by atoms with E-state index in [1.165, 1.54) is 6.08 Å². The highest BCUT2D eigenvalue weighted by Gasteiger charge is 2.23. The third kappa shape index (κ3) is 4.80. The number of fused-ring (bicyclic) bond motifs is 1. The summed E-state index contributed by atoms with van der Waals surface area (Å²) in [6.07, 6.45) is 2.95. The number of amides is 1. The van der Waals surface area contributed by atoms with Crippen LogP contribution in [0.3, 0.4) is 0 Å². The topological polar surface area (TPSA) is 73.5 Å². The predicted molar refractivity (Wildman–Crippen MR) is 152 cm³/mol. The molecule has 2 aromatic carbocycles. The van der Waals surface area contributed by atoms with Gasteiger partial charge in [0.2, 0.25) is 5.91 Å². The lowest BCUT2D eigenvalue weighted by Crippen LogP contribution is -2.44. The maximum Gasteiger partial charge on any atom is 0.247 e. The van der Waals surface area contributed by atoms with Crippen molar-refractivity contribution in [2.24, 2.45) is 0 Å². The molecule has 0 spiro atoms. The molecule has 0 unspecified atom stereocenters. The molecule has 5 rings (SSSR count). The molecule has 4 aromatic rings. The first-order valence-electron chi connectivity index (χ1n) is 12.2. The fraction of sp³-hybridized carbons (Fsp3) is 0.241. The largest absolute Gasteiger partial charge is 0.496 e. The second kappa shape index (κ2) is 10.3. The molecule has 190 valence electrons. The number of anilines is 2. The molecule has 1 aliphatic heterocycles. The molecule has 0 aliphatic carbocycles. The van der Waals surface area contributed by atoms with Gasteiger partial charge in [-0.3, -0.25) is 4.79 Å². The number of aromatic nitrogens is 2. The van der Waals surface area contributed by atoms with Crippen LogP contribution in [0.25, 0.3) is 33.4 Å². The number of carbonyl (C=O) groups excluding carboxylic acids is 1. The van der Waals surface area contributed by atoms with Gasteiger partial charge in [0.15, 0.2) is 0 Å². The van der Waals surface area contributed by atoms with Crippen LogP contribution in [-0.4, -0.2) is 61.1 Å². The number of halogens is 1. The number of hydrogen-bond donors (Lipinski definition) is 2. The number of pyridine rings is 1. The first kappa shape index (κ1) is 24.9. The van der Waals surface area contributed by atoms with Gasteiger partial charge in [-0.1, -0.05) is 30.3 Å². The van der Waals surface area contributed by atoms with Crippen LogP contribution in [0.5, 0.6) is 5.75 Å². The number of hydrogen-bond acceptors (Lipinski definition) is 5. The van der Waals surface area contributed by atoms with E-state index in [0.717, 1.165) is 70.9 Å². The number of ether oxygens (including phenoxy) is 1. The van der Waals surface area contributed by atoms with Crippen molar-refractivity contribution in [3.05, 3.63) is 71.9 Å². The molecule has 8 heteroatoms. The van der Waals surface area contributed by atoms with E-state index in [1.54, 1.807) is 19.4 Å². The van der Waals surface area contributed by atoms with Gasteiger partial charge in [0.25, 0.3) is 0 Å². The summed E-state index contributed by atoms with van der Waals surface area (Å²) >= 11 is 6.72. The molecule has 2 N–H and O–H groups in total. The highest BCUT2D eigenvalue weighted by molar-refractivity contribution is 6.37. The zero-order valence-corrected chi connectivity index (χ0v) is 22.0. The van der Waals surface area contributed by atoms with Crippen molar-refractivity contribution < 1.29 is 9.53 Å². The van der Waals surface area contributed by atoms with E-state index in [-0.39, 0.29) is 5.91 Å². The molecular formula is C29H30ClN5O2. The van der Waals surface area contributed by atoms with E-state index in [2.05, 4.69) is 56.9 Å². The van der Waals surface area contributed by atoms with Crippen LogP contribution in [0.2, 0.25) is 5.02 Å². The quantitative estimate of drug-likeness (QED) is 0.320. The molecule has 2 aromatic heterocycles. The lowest BCUT2D eigenvalue weighted by molar-refractivity contribution is -0.111. The highest BCUT2D eigenvalue weighted by atomic mass is 35.5. The first-order valence-corrected chi connectivity index (χ1v) is 12.6. The Bertz CT molecular complexity index is 1490. The summed E-state index contributed by atoms with van der Waals surface area (Å²) in [4.78, 5) is 24.8. The van der Waals surface area contributed by atoms with Gasteiger partial charge in [0, 0.05) is 66.3 Å². The standard InChI is InChI=1S/C29H30ClN5O2/c1-5-25(36)32-23-16-19(7-6-18(23)2)26-27-22(30)10-11-31-29(27)33-28(26)21-9-8-20(17-24(21)37-4)35-14-12-34(3)13-15-35/h5-11,16-17H,1,12-15H2,2-4H3,(H,31,33)(H,32,36). The Balaban J connectivity index is 1.67. The third-order valence-corrected chi connectivity index (χ3v) is 7.25. The van der Waals surface area contributed by atoms with E-state index in [9.17, 15) is 4.79 Å². The Morgan fingerprint density at radius 1 is 1.16 bits per heavy atom. The maximum absolute atomic E-state index is 12.1. The lowest BCUT2D eigenvalue weighted by Gasteiger charge is -2.34. The minimum atomic E-state index is -0.264. The summed E-state index contributed by atoms with van der Waals surface area (Å²) in [5.41, 5.74) is 7.01. The number of likely N-dealkylation sites (N-methyl/N-ethyl adjacent to an activating group) is 1. The molecule has 0 bridgehead atoms. The fourth-order valence-electron chi connectivity index (χ4n) is 4.81. The highest BCUT2D eigenvalue weighted by Crippen LogP contribution is 2.45. The summed E-state index contributed by atoms with van der Waals surface area (Å²) in [5, 5.41) is 4.31. The molecule has 0 atom stereocenters. The summed E-state index contributed by atoms with van der Waals surface area (Å²) in [7, 11) is 3.84. The zero-order chi connectivity index (χ0) is 26.1. The Kier molecular flexibility index (Phi) is 6.91. The second-order valence-electron chi connectivity index (χ2n) is 9.29. The van der Waals surface area contributed by atoms with Crippen LogP contribution in [0.4, 0.5) is 11.4 Å². The lowest BCUT2D eigenvalue weighted by atomic mass is 9.96. The number of piperazine rings is 1. The number of rotatable bonds is 6. The molecule has 1 fully saturated rings. The number of aryl methyl sites for hydroxylation is 1. The number of nitrogens with zero attached hydrogens (tertiary/aromatic N) is 3. The SMILES string of the molecule is C=CC(=O)Nc1cc(-c2c(-c3ccc(N4CCN(C)CC4)cc3OC)[nH]c3nccc(Cl)c23)ccc1C. The van der Waals surface area contributed by atoms with Crippen molar-refractivity contribution >= 4 is 39.9 Å². The minimum absolute atomic E-state index is 0.264. The first-order chi connectivity index (χ1) is 17.9. The van der Waals surface area contributed by atoms with Gasteiger partial charge in [-0.15, -0.1) is 0 Å². The van der Waals surface area contributed by atoms with Crippen molar-refractivity contribution in [2.75, 3.05) is 50.6 Å². The van der Waals surface area contributed by atoms with Crippen molar-refractivity contribution in [3.63, 3.8) is 0 Å². The van der Waals surface area contributed by atoms with Gasteiger partial charge >= 0.3 is 0 Å². The molecule has 0 radical (unpaired) electrons. The van der Waals surface area contributed by atoms with E-state index in [0.29, 0.717) is 16.4 Å². The molecular weight excluding hydrogens is 486 g/mol. The van der Waals surface area contributed by atoms with E-state index in [1.807, 2.05) is 25.1 Å². The summed E-state index contributed by atoms with van der Waals surface area (Å²) in [6, 6.07) is 14.1. The van der Waals surface area contributed by atoms with Gasteiger partial charge in [-0.05, 0) is 55.4 Å². The van der Waals surface area contributed by atoms with Crippen molar-refractivity contribution in [2.45, 2.75) is 6.92 Å². The number of methoxy groups -OCH3 is 1. The second-order valence-corrected chi connectivity index (χ2v) is 9.70. The number of aromatic amines is 1. The van der Waals surface area contributed by atoms with Crippen molar-refractivity contribution in [3.8, 4) is 28.1 Å². The van der Waals surface area contributed by atoms with Crippen LogP contribution in [-0.2, 0) is 4.79 Å². The smallest absolute Gasteiger partial charge is 0.247 e. The van der Waals surface area contributed by atoms with E-state index in [4.69, 9.17) is 16.3 Å². The van der Waals surface area contributed by atoms with Gasteiger partial charge in [-0.2, -0.15) is 0 Å². The van der Waals surface area contributed by atoms with Crippen LogP contribution in [0, 0.1) is 6.92 Å². The number of carbonyl (C=O) groups is 1. The Morgan fingerprint density at radius 2 is 1.95 bits per heavy atom. The number of H-pyrrole nitrogens is 1. The van der Waals surface area contributed by atoms with Gasteiger partial charge in [-0.25, -0.2) is 4.98 Å². The molecule has 0 saturated carbocycles. The van der Waals surface area contributed by atoms with Gasteiger partial charge in [0.1, 0.15) is 11.4 Å². The zero-order valence-electron chi connectivity index (χ0n) is 21.3. The van der Waals surface area contributed by atoms with E-state index >= 15 is 0 Å². The summed E-state index contributed by atoms with van der Waals surface area (Å²) in [5.74, 6) is 0.493. The van der Waals surface area contributed by atoms with Crippen LogP contribution in [0.15, 0.2) is 61.3 Å². The molecule has 1 aliphatic rings. The Hall–Kier alpha value is -3.81. The monoisotopic (exact) mass is 515 g/mol. The Morgan fingerprint density at radius 3 is 2.68 bits per heavy atom. The van der Waals surface area contributed by atoms with E-state index < -0.39 is 0 Å². The number of benzene rings is 2. The van der Waals surface area contributed by atoms with Gasteiger partial charge < -0.3 is 24.8 Å². The van der Waals surface area contributed by atoms with Crippen LogP contribution < -0.4 is 15.0 Å². The number of nitrogens with one attached hydrogen (secondary N) is 2. The molecule has 7 nitrogen and oxygen atoms in total.